The van der Waals surface area contributed by atoms with E-state index in [9.17, 15) is 18.7 Å². The molecule has 0 fully saturated rings. The fourth-order valence-electron chi connectivity index (χ4n) is 1.43. The average Bonchev–Trinajstić information content (AvgIpc) is 2.77. The van der Waals surface area contributed by atoms with Crippen LogP contribution < -0.4 is 5.32 Å². The predicted molar refractivity (Wildman–Crippen MR) is 59.5 cm³/mol. The largest absolute Gasteiger partial charge is 0.508 e. The van der Waals surface area contributed by atoms with Crippen molar-refractivity contribution in [1.82, 2.24) is 9.78 Å². The lowest BCUT2D eigenvalue weighted by Crippen LogP contribution is -2.18. The topological polar surface area (TPSA) is 67.2 Å². The van der Waals surface area contributed by atoms with Gasteiger partial charge in [0.25, 0.3) is 5.91 Å². The summed E-state index contributed by atoms with van der Waals surface area (Å²) >= 11 is 0. The molecule has 0 saturated heterocycles. The van der Waals surface area contributed by atoms with E-state index in [1.165, 1.54) is 30.3 Å². The van der Waals surface area contributed by atoms with Gasteiger partial charge >= 0.3 is 6.55 Å². The highest BCUT2D eigenvalue weighted by Crippen LogP contribution is 2.17. The Balaban J connectivity index is 2.20. The first-order valence-electron chi connectivity index (χ1n) is 5.00. The summed E-state index contributed by atoms with van der Waals surface area (Å²) in [6.07, 6.45) is 1.11. The molecule has 1 aromatic heterocycles. The Labute approximate surface area is 101 Å². The molecule has 18 heavy (non-hydrogen) atoms. The van der Waals surface area contributed by atoms with Gasteiger partial charge in [-0.1, -0.05) is 6.07 Å². The number of carbonyl (C=O) groups excluding carboxylic acids is 1. The minimum atomic E-state index is -2.88. The Morgan fingerprint density at radius 1 is 1.39 bits per heavy atom. The number of anilines is 1. The Hall–Kier alpha value is -2.44. The minimum Gasteiger partial charge on any atom is -0.508 e. The number of nitrogens with one attached hydrogen (secondary N) is 1. The highest BCUT2D eigenvalue weighted by atomic mass is 19.3. The normalized spacial score (nSPS) is 10.6. The Morgan fingerprint density at radius 2 is 2.17 bits per heavy atom. The van der Waals surface area contributed by atoms with Gasteiger partial charge in [0.2, 0.25) is 0 Å². The van der Waals surface area contributed by atoms with Crippen molar-refractivity contribution in [2.75, 3.05) is 5.32 Å². The van der Waals surface area contributed by atoms with Gasteiger partial charge in [0.15, 0.2) is 0 Å². The molecule has 1 heterocycles. The molecule has 0 spiro atoms. The molecule has 0 bridgehead atoms. The van der Waals surface area contributed by atoms with Crippen LogP contribution in [0.5, 0.6) is 5.75 Å². The molecule has 7 heteroatoms. The molecule has 1 aromatic carbocycles. The third kappa shape index (κ3) is 2.45. The number of hydrogen-bond acceptors (Lipinski definition) is 3. The standard InChI is InChI=1S/C11H9F2N3O2/c12-11(13)16-9(4-5-14-16)10(18)15-7-2-1-3-8(17)6-7/h1-6,11,17H,(H,15,18). The van der Waals surface area contributed by atoms with Crippen LogP contribution in [0.15, 0.2) is 36.5 Å². The number of amides is 1. The Kier molecular flexibility index (Phi) is 3.22. The molecule has 0 unspecified atom stereocenters. The van der Waals surface area contributed by atoms with Crippen LogP contribution in [0, 0.1) is 0 Å². The van der Waals surface area contributed by atoms with Crippen molar-refractivity contribution in [2.45, 2.75) is 6.55 Å². The van der Waals surface area contributed by atoms with Crippen molar-refractivity contribution in [1.29, 1.82) is 0 Å². The van der Waals surface area contributed by atoms with Crippen molar-refractivity contribution in [3.63, 3.8) is 0 Å². The predicted octanol–water partition coefficient (Wildman–Crippen LogP) is 2.24. The van der Waals surface area contributed by atoms with E-state index in [1.54, 1.807) is 0 Å². The van der Waals surface area contributed by atoms with Crippen molar-refractivity contribution in [3.8, 4) is 5.75 Å². The Morgan fingerprint density at radius 3 is 2.83 bits per heavy atom. The third-order valence-electron chi connectivity index (χ3n) is 2.19. The fraction of sp³-hybridized carbons (Fsp3) is 0.0909. The molecule has 0 aliphatic carbocycles. The molecular formula is C11H9F2N3O2. The lowest BCUT2D eigenvalue weighted by Gasteiger charge is -2.07. The molecular weight excluding hydrogens is 244 g/mol. The number of nitrogens with zero attached hydrogens (tertiary/aromatic N) is 2. The van der Waals surface area contributed by atoms with E-state index >= 15 is 0 Å². The van der Waals surface area contributed by atoms with Crippen LogP contribution in [0.1, 0.15) is 17.0 Å². The molecule has 0 aliphatic rings. The zero-order valence-corrected chi connectivity index (χ0v) is 9.05. The van der Waals surface area contributed by atoms with Crippen molar-refractivity contribution in [3.05, 3.63) is 42.2 Å². The minimum absolute atomic E-state index is 0.0323. The number of aromatic nitrogens is 2. The van der Waals surface area contributed by atoms with Crippen molar-refractivity contribution >= 4 is 11.6 Å². The number of phenolic OH excluding ortho intramolecular Hbond substituents is 1. The summed E-state index contributed by atoms with van der Waals surface area (Å²) in [7, 11) is 0. The van der Waals surface area contributed by atoms with E-state index in [2.05, 4.69) is 10.4 Å². The van der Waals surface area contributed by atoms with Crippen LogP contribution in [-0.2, 0) is 0 Å². The lowest BCUT2D eigenvalue weighted by molar-refractivity contribution is 0.0520. The zero-order chi connectivity index (χ0) is 13.1. The molecule has 0 atom stereocenters. The average molecular weight is 253 g/mol. The van der Waals surface area contributed by atoms with Crippen molar-refractivity contribution < 1.29 is 18.7 Å². The summed E-state index contributed by atoms with van der Waals surface area (Å²) in [6, 6.07) is 6.97. The van der Waals surface area contributed by atoms with E-state index in [-0.39, 0.29) is 11.4 Å². The highest BCUT2D eigenvalue weighted by molar-refractivity contribution is 6.03. The van der Waals surface area contributed by atoms with Gasteiger partial charge in [0.05, 0.1) is 0 Å². The number of benzene rings is 1. The van der Waals surface area contributed by atoms with Gasteiger partial charge in [-0.2, -0.15) is 18.6 Å². The summed E-state index contributed by atoms with van der Waals surface area (Å²) in [5, 5.41) is 15.0. The number of rotatable bonds is 3. The van der Waals surface area contributed by atoms with E-state index < -0.39 is 12.5 Å². The molecule has 0 aliphatic heterocycles. The number of halogens is 2. The first-order chi connectivity index (χ1) is 8.58. The Bertz CT molecular complexity index is 569. The van der Waals surface area contributed by atoms with Gasteiger partial charge in [-0.05, 0) is 18.2 Å². The molecule has 2 aromatic rings. The summed E-state index contributed by atoms with van der Waals surface area (Å²) in [5.74, 6) is -0.756. The quantitative estimate of drug-likeness (QED) is 0.881. The van der Waals surface area contributed by atoms with E-state index in [4.69, 9.17) is 0 Å². The van der Waals surface area contributed by atoms with Crippen LogP contribution in [0.25, 0.3) is 0 Å². The monoisotopic (exact) mass is 253 g/mol. The van der Waals surface area contributed by atoms with Gasteiger partial charge in [-0.15, -0.1) is 0 Å². The second kappa shape index (κ2) is 4.82. The summed E-state index contributed by atoms with van der Waals surface area (Å²) < 4.78 is 25.3. The summed E-state index contributed by atoms with van der Waals surface area (Å²) in [6.45, 7) is -2.88. The maximum Gasteiger partial charge on any atom is 0.333 e. The number of hydrogen-bond donors (Lipinski definition) is 2. The first kappa shape index (κ1) is 12.0. The molecule has 0 saturated carbocycles. The summed E-state index contributed by atoms with van der Waals surface area (Å²) in [5.41, 5.74) is 0.0513. The molecule has 2 rings (SSSR count). The van der Waals surface area contributed by atoms with Crippen LogP contribution in [0.2, 0.25) is 0 Å². The molecule has 94 valence electrons. The van der Waals surface area contributed by atoms with Gasteiger partial charge in [-0.25, -0.2) is 0 Å². The summed E-state index contributed by atoms with van der Waals surface area (Å²) in [4.78, 5) is 11.7. The maximum absolute atomic E-state index is 12.5. The molecule has 5 nitrogen and oxygen atoms in total. The van der Waals surface area contributed by atoms with Crippen molar-refractivity contribution in [2.24, 2.45) is 0 Å². The number of aromatic hydroxyl groups is 1. The lowest BCUT2D eigenvalue weighted by atomic mass is 10.3. The van der Waals surface area contributed by atoms with Gasteiger partial charge in [-0.3, -0.25) is 4.79 Å². The second-order valence-electron chi connectivity index (χ2n) is 3.44. The van der Waals surface area contributed by atoms with Crippen LogP contribution in [0.4, 0.5) is 14.5 Å². The van der Waals surface area contributed by atoms with Gasteiger partial charge in [0, 0.05) is 18.0 Å². The SMILES string of the molecule is O=C(Nc1cccc(O)c1)c1ccnn1C(F)F. The molecule has 0 radical (unpaired) electrons. The van der Waals surface area contributed by atoms with E-state index in [0.717, 1.165) is 6.20 Å². The zero-order valence-electron chi connectivity index (χ0n) is 9.05. The van der Waals surface area contributed by atoms with Crippen LogP contribution >= 0.6 is 0 Å². The third-order valence-corrected chi connectivity index (χ3v) is 2.19. The van der Waals surface area contributed by atoms with Gasteiger partial charge in [0.1, 0.15) is 11.4 Å². The molecule has 1 amide bonds. The van der Waals surface area contributed by atoms with E-state index in [0.29, 0.717) is 10.4 Å². The van der Waals surface area contributed by atoms with Gasteiger partial charge < -0.3 is 10.4 Å². The molecule has 2 N–H and O–H groups in total. The van der Waals surface area contributed by atoms with Crippen LogP contribution in [0.3, 0.4) is 0 Å². The number of carbonyl (C=O) groups is 1. The number of alkyl halides is 2. The second-order valence-corrected chi connectivity index (χ2v) is 3.44. The first-order valence-corrected chi connectivity index (χ1v) is 5.00. The van der Waals surface area contributed by atoms with Crippen LogP contribution in [-0.4, -0.2) is 20.8 Å². The number of phenols is 1. The fourth-order valence-corrected chi connectivity index (χ4v) is 1.43. The maximum atomic E-state index is 12.5. The van der Waals surface area contributed by atoms with E-state index in [1.807, 2.05) is 0 Å². The smallest absolute Gasteiger partial charge is 0.333 e. The highest BCUT2D eigenvalue weighted by Gasteiger charge is 2.17.